The fourth-order valence-corrected chi connectivity index (χ4v) is 2.10. The van der Waals surface area contributed by atoms with Crippen molar-refractivity contribution in [2.75, 3.05) is 0 Å². The van der Waals surface area contributed by atoms with Gasteiger partial charge < -0.3 is 10.5 Å². The minimum atomic E-state index is -0.552. The largest absolute Gasteiger partial charge is 0.488 e. The Kier molecular flexibility index (Phi) is 4.30. The number of rotatable bonds is 4. The quantitative estimate of drug-likeness (QED) is 0.934. The summed E-state index contributed by atoms with van der Waals surface area (Å²) in [4.78, 5) is 11.4. The van der Waals surface area contributed by atoms with Gasteiger partial charge in [-0.05, 0) is 43.2 Å². The first kappa shape index (κ1) is 14.4. The molecule has 0 unspecified atom stereocenters. The molecule has 2 aromatic rings. The van der Waals surface area contributed by atoms with E-state index in [1.807, 2.05) is 19.9 Å². The average Bonchev–Trinajstić information content (AvgIpc) is 2.40. The predicted octanol–water partition coefficient (Wildman–Crippen LogP) is 3.63. The molecule has 0 aliphatic heterocycles. The lowest BCUT2D eigenvalue weighted by atomic mass is 10.1. The zero-order valence-corrected chi connectivity index (χ0v) is 12.2. The summed E-state index contributed by atoms with van der Waals surface area (Å²) in [5.74, 6) is -0.105. The summed E-state index contributed by atoms with van der Waals surface area (Å²) in [7, 11) is 0. The van der Waals surface area contributed by atoms with E-state index in [4.69, 9.17) is 22.1 Å². The summed E-state index contributed by atoms with van der Waals surface area (Å²) in [5, 5.41) is 0.456. The van der Waals surface area contributed by atoms with Crippen molar-refractivity contribution in [1.82, 2.24) is 0 Å². The van der Waals surface area contributed by atoms with Crippen molar-refractivity contribution in [1.29, 1.82) is 0 Å². The summed E-state index contributed by atoms with van der Waals surface area (Å²) in [6, 6.07) is 11.0. The van der Waals surface area contributed by atoms with E-state index in [2.05, 4.69) is 12.1 Å². The van der Waals surface area contributed by atoms with Crippen LogP contribution in [0.3, 0.4) is 0 Å². The van der Waals surface area contributed by atoms with Crippen LogP contribution in [0, 0.1) is 13.8 Å². The Hall–Kier alpha value is -2.00. The van der Waals surface area contributed by atoms with Gasteiger partial charge in [0.05, 0.1) is 5.56 Å². The van der Waals surface area contributed by atoms with E-state index in [9.17, 15) is 4.79 Å². The standard InChI is InChI=1S/C16H16ClNO2/c1-10-3-4-11(2)12(7-10)9-20-15-6-5-13(17)8-14(15)16(18)19/h3-8H,9H2,1-2H3,(H2,18,19). The molecule has 0 aliphatic carbocycles. The zero-order valence-electron chi connectivity index (χ0n) is 11.4. The van der Waals surface area contributed by atoms with Crippen LogP contribution in [0.4, 0.5) is 0 Å². The molecule has 2 rings (SSSR count). The Morgan fingerprint density at radius 1 is 1.20 bits per heavy atom. The summed E-state index contributed by atoms with van der Waals surface area (Å²) in [5.41, 5.74) is 9.01. The van der Waals surface area contributed by atoms with Crippen molar-refractivity contribution in [2.24, 2.45) is 5.73 Å². The van der Waals surface area contributed by atoms with E-state index in [-0.39, 0.29) is 0 Å². The van der Waals surface area contributed by atoms with Crippen LogP contribution < -0.4 is 10.5 Å². The highest BCUT2D eigenvalue weighted by Gasteiger charge is 2.11. The van der Waals surface area contributed by atoms with Crippen LogP contribution in [0.1, 0.15) is 27.0 Å². The molecule has 0 radical (unpaired) electrons. The number of primary amides is 1. The molecule has 0 atom stereocenters. The lowest BCUT2D eigenvalue weighted by molar-refractivity contribution is 0.0996. The van der Waals surface area contributed by atoms with Crippen molar-refractivity contribution >= 4 is 17.5 Å². The third kappa shape index (κ3) is 3.31. The number of aryl methyl sites for hydroxylation is 2. The van der Waals surface area contributed by atoms with Gasteiger partial charge in [-0.1, -0.05) is 35.4 Å². The maximum absolute atomic E-state index is 11.4. The highest BCUT2D eigenvalue weighted by Crippen LogP contribution is 2.24. The molecule has 0 saturated heterocycles. The number of hydrogen-bond donors (Lipinski definition) is 1. The summed E-state index contributed by atoms with van der Waals surface area (Å²) >= 11 is 5.86. The molecule has 0 spiro atoms. The van der Waals surface area contributed by atoms with Crippen LogP contribution >= 0.6 is 11.6 Å². The lowest BCUT2D eigenvalue weighted by Gasteiger charge is -2.12. The molecular formula is C16H16ClNO2. The second-order valence-corrected chi connectivity index (χ2v) is 5.16. The maximum atomic E-state index is 11.4. The van der Waals surface area contributed by atoms with Gasteiger partial charge >= 0.3 is 0 Å². The molecule has 0 aromatic heterocycles. The van der Waals surface area contributed by atoms with Gasteiger partial charge in [-0.15, -0.1) is 0 Å². The van der Waals surface area contributed by atoms with E-state index < -0.39 is 5.91 Å². The van der Waals surface area contributed by atoms with Gasteiger partial charge in [0, 0.05) is 5.02 Å². The number of carbonyl (C=O) groups is 1. The monoisotopic (exact) mass is 289 g/mol. The maximum Gasteiger partial charge on any atom is 0.252 e. The number of benzene rings is 2. The molecule has 0 saturated carbocycles. The Morgan fingerprint density at radius 3 is 2.65 bits per heavy atom. The first-order valence-corrected chi connectivity index (χ1v) is 6.63. The average molecular weight is 290 g/mol. The second kappa shape index (κ2) is 5.97. The van der Waals surface area contributed by atoms with Crippen molar-refractivity contribution in [3.63, 3.8) is 0 Å². The van der Waals surface area contributed by atoms with Crippen LogP contribution in [0.25, 0.3) is 0 Å². The number of hydrogen-bond acceptors (Lipinski definition) is 2. The lowest BCUT2D eigenvalue weighted by Crippen LogP contribution is -2.13. The number of carbonyl (C=O) groups excluding carboxylic acids is 1. The molecule has 4 heteroatoms. The number of nitrogens with two attached hydrogens (primary N) is 1. The molecule has 0 heterocycles. The number of amides is 1. The fraction of sp³-hybridized carbons (Fsp3) is 0.188. The first-order valence-electron chi connectivity index (χ1n) is 6.25. The minimum Gasteiger partial charge on any atom is -0.488 e. The van der Waals surface area contributed by atoms with Gasteiger partial charge in [0.1, 0.15) is 12.4 Å². The normalized spacial score (nSPS) is 10.3. The van der Waals surface area contributed by atoms with E-state index in [0.717, 1.165) is 11.1 Å². The molecule has 0 fully saturated rings. The molecule has 1 amide bonds. The van der Waals surface area contributed by atoms with Gasteiger partial charge in [-0.3, -0.25) is 4.79 Å². The van der Waals surface area contributed by atoms with Crippen LogP contribution in [-0.2, 0) is 6.61 Å². The molecule has 104 valence electrons. The van der Waals surface area contributed by atoms with Gasteiger partial charge in [-0.2, -0.15) is 0 Å². The van der Waals surface area contributed by atoms with E-state index >= 15 is 0 Å². The SMILES string of the molecule is Cc1ccc(C)c(COc2ccc(Cl)cc2C(N)=O)c1. The Balaban J connectivity index is 2.23. The highest BCUT2D eigenvalue weighted by molar-refractivity contribution is 6.31. The molecule has 0 aliphatic rings. The van der Waals surface area contributed by atoms with E-state index in [1.165, 1.54) is 11.6 Å². The molecule has 2 N–H and O–H groups in total. The molecule has 0 bridgehead atoms. The van der Waals surface area contributed by atoms with Crippen LogP contribution in [0.5, 0.6) is 5.75 Å². The third-order valence-corrected chi connectivity index (χ3v) is 3.33. The van der Waals surface area contributed by atoms with Gasteiger partial charge in [0.2, 0.25) is 0 Å². The minimum absolute atomic E-state index is 0.294. The van der Waals surface area contributed by atoms with Crippen molar-refractivity contribution in [2.45, 2.75) is 20.5 Å². The molecule has 3 nitrogen and oxygen atoms in total. The van der Waals surface area contributed by atoms with Crippen molar-refractivity contribution < 1.29 is 9.53 Å². The molecule has 20 heavy (non-hydrogen) atoms. The fourth-order valence-electron chi connectivity index (χ4n) is 1.93. The summed E-state index contributed by atoms with van der Waals surface area (Å²) in [6.45, 7) is 4.44. The van der Waals surface area contributed by atoms with Crippen LogP contribution in [0.15, 0.2) is 36.4 Å². The van der Waals surface area contributed by atoms with Gasteiger partial charge in [0.15, 0.2) is 0 Å². The Labute approximate surface area is 123 Å². The van der Waals surface area contributed by atoms with Crippen LogP contribution in [0.2, 0.25) is 5.02 Å². The number of ether oxygens (including phenoxy) is 1. The van der Waals surface area contributed by atoms with Gasteiger partial charge in [-0.25, -0.2) is 0 Å². The molecular weight excluding hydrogens is 274 g/mol. The Bertz CT molecular complexity index is 653. The second-order valence-electron chi connectivity index (χ2n) is 4.72. The Morgan fingerprint density at radius 2 is 1.95 bits per heavy atom. The summed E-state index contributed by atoms with van der Waals surface area (Å²) < 4.78 is 5.72. The topological polar surface area (TPSA) is 52.3 Å². The third-order valence-electron chi connectivity index (χ3n) is 3.09. The van der Waals surface area contributed by atoms with Crippen LogP contribution in [-0.4, -0.2) is 5.91 Å². The molecule has 2 aromatic carbocycles. The smallest absolute Gasteiger partial charge is 0.252 e. The van der Waals surface area contributed by atoms with Crippen molar-refractivity contribution in [3.8, 4) is 5.75 Å². The van der Waals surface area contributed by atoms with E-state index in [1.54, 1.807) is 12.1 Å². The zero-order chi connectivity index (χ0) is 14.7. The number of halogens is 1. The first-order chi connectivity index (χ1) is 9.47. The summed E-state index contributed by atoms with van der Waals surface area (Å²) in [6.07, 6.45) is 0. The van der Waals surface area contributed by atoms with Gasteiger partial charge in [0.25, 0.3) is 5.91 Å². The predicted molar refractivity (Wildman–Crippen MR) is 80.2 cm³/mol. The highest BCUT2D eigenvalue weighted by atomic mass is 35.5. The van der Waals surface area contributed by atoms with Crippen molar-refractivity contribution in [3.05, 3.63) is 63.7 Å². The van der Waals surface area contributed by atoms with E-state index in [0.29, 0.717) is 22.9 Å².